The van der Waals surface area contributed by atoms with Crippen LogP contribution in [0.15, 0.2) is 41.1 Å². The molecular formula is C14H17BrN4O. The zero-order valence-electron chi connectivity index (χ0n) is 11.2. The first-order chi connectivity index (χ1) is 9.52. The Morgan fingerprint density at radius 1 is 1.40 bits per heavy atom. The van der Waals surface area contributed by atoms with Crippen molar-refractivity contribution in [2.45, 2.75) is 25.4 Å². The van der Waals surface area contributed by atoms with E-state index < -0.39 is 5.91 Å². The number of nitrogens with zero attached hydrogens (tertiary/aromatic N) is 2. The molecule has 1 heterocycles. The van der Waals surface area contributed by atoms with Crippen LogP contribution >= 0.6 is 15.9 Å². The van der Waals surface area contributed by atoms with Crippen LogP contribution in [0.5, 0.6) is 0 Å². The molecule has 0 aliphatic heterocycles. The van der Waals surface area contributed by atoms with Crippen molar-refractivity contribution in [3.63, 3.8) is 0 Å². The van der Waals surface area contributed by atoms with Crippen LogP contribution in [0, 0.1) is 0 Å². The summed E-state index contributed by atoms with van der Waals surface area (Å²) < 4.78 is 2.71. The minimum atomic E-state index is -0.490. The first-order valence-electron chi connectivity index (χ1n) is 6.38. The molecule has 1 aromatic heterocycles. The third-order valence-electron chi connectivity index (χ3n) is 3.26. The molecule has 6 heteroatoms. The minimum Gasteiger partial charge on any atom is -0.366 e. The molecule has 1 aromatic carbocycles. The maximum Gasteiger partial charge on any atom is 0.251 e. The fourth-order valence-electron chi connectivity index (χ4n) is 2.10. The van der Waals surface area contributed by atoms with Crippen LogP contribution in [0.25, 0.3) is 0 Å². The van der Waals surface area contributed by atoms with E-state index in [1.165, 1.54) is 6.20 Å². The van der Waals surface area contributed by atoms with Gasteiger partial charge in [-0.05, 0) is 24.1 Å². The van der Waals surface area contributed by atoms with E-state index >= 15 is 0 Å². The summed E-state index contributed by atoms with van der Waals surface area (Å²) in [5, 5.41) is 4.23. The highest BCUT2D eigenvalue weighted by atomic mass is 79.9. The second kappa shape index (κ2) is 6.19. The van der Waals surface area contributed by atoms with Crippen molar-refractivity contribution in [1.29, 1.82) is 0 Å². The Morgan fingerprint density at radius 2 is 2.05 bits per heavy atom. The Labute approximate surface area is 126 Å². The molecule has 0 spiro atoms. The van der Waals surface area contributed by atoms with Crippen molar-refractivity contribution in [2.75, 3.05) is 0 Å². The van der Waals surface area contributed by atoms with Gasteiger partial charge in [0, 0.05) is 16.7 Å². The van der Waals surface area contributed by atoms with E-state index in [0.717, 1.165) is 16.5 Å². The summed E-state index contributed by atoms with van der Waals surface area (Å²) in [5.41, 5.74) is 12.9. The fourth-order valence-corrected chi connectivity index (χ4v) is 2.36. The van der Waals surface area contributed by atoms with Crippen LogP contribution in [0.1, 0.15) is 35.3 Å². The lowest BCUT2D eigenvalue weighted by Crippen LogP contribution is -2.32. The van der Waals surface area contributed by atoms with Crippen LogP contribution < -0.4 is 11.5 Å². The number of rotatable bonds is 5. The van der Waals surface area contributed by atoms with E-state index in [1.807, 2.05) is 31.2 Å². The van der Waals surface area contributed by atoms with Gasteiger partial charge in [-0.3, -0.25) is 9.48 Å². The van der Waals surface area contributed by atoms with Gasteiger partial charge in [-0.1, -0.05) is 35.0 Å². The minimum absolute atomic E-state index is 0.100. The number of amides is 1. The highest BCUT2D eigenvalue weighted by molar-refractivity contribution is 9.10. The zero-order chi connectivity index (χ0) is 14.7. The van der Waals surface area contributed by atoms with Gasteiger partial charge in [-0.25, -0.2) is 0 Å². The summed E-state index contributed by atoms with van der Waals surface area (Å²) in [6.07, 6.45) is 3.91. The summed E-state index contributed by atoms with van der Waals surface area (Å²) in [7, 11) is 0. The summed E-state index contributed by atoms with van der Waals surface area (Å²) in [5.74, 6) is -0.490. The van der Waals surface area contributed by atoms with E-state index in [4.69, 9.17) is 11.5 Å². The van der Waals surface area contributed by atoms with Crippen LogP contribution in [0.3, 0.4) is 0 Å². The number of halogens is 1. The molecular weight excluding hydrogens is 320 g/mol. The van der Waals surface area contributed by atoms with Gasteiger partial charge in [-0.2, -0.15) is 5.10 Å². The van der Waals surface area contributed by atoms with Gasteiger partial charge < -0.3 is 11.5 Å². The van der Waals surface area contributed by atoms with Gasteiger partial charge in [0.1, 0.15) is 0 Å². The number of nitrogens with two attached hydrogens (primary N) is 2. The number of hydrogen-bond donors (Lipinski definition) is 2. The lowest BCUT2D eigenvalue weighted by Gasteiger charge is -2.24. The molecule has 2 rings (SSSR count). The molecule has 0 aliphatic rings. The van der Waals surface area contributed by atoms with Crippen LogP contribution in [-0.2, 0) is 0 Å². The molecule has 0 bridgehead atoms. The van der Waals surface area contributed by atoms with Crippen molar-refractivity contribution in [1.82, 2.24) is 9.78 Å². The summed E-state index contributed by atoms with van der Waals surface area (Å²) in [4.78, 5) is 11.2. The standard InChI is InChI=1S/C14H17BrN4O/c1-2-12(16)13(9-3-5-11(15)6-4-9)19-8-10(7-18-19)14(17)20/h3-8,12-13H,2,16H2,1H3,(H2,17,20). The highest BCUT2D eigenvalue weighted by Crippen LogP contribution is 2.24. The van der Waals surface area contributed by atoms with E-state index in [9.17, 15) is 4.79 Å². The first kappa shape index (κ1) is 14.7. The molecule has 20 heavy (non-hydrogen) atoms. The van der Waals surface area contributed by atoms with Crippen molar-refractivity contribution < 1.29 is 4.79 Å². The Hall–Kier alpha value is -1.66. The van der Waals surface area contributed by atoms with Crippen molar-refractivity contribution in [3.05, 3.63) is 52.3 Å². The van der Waals surface area contributed by atoms with Crippen molar-refractivity contribution in [2.24, 2.45) is 11.5 Å². The smallest absolute Gasteiger partial charge is 0.251 e. The first-order valence-corrected chi connectivity index (χ1v) is 7.17. The molecule has 2 unspecified atom stereocenters. The topological polar surface area (TPSA) is 86.9 Å². The molecule has 2 atom stereocenters. The quantitative estimate of drug-likeness (QED) is 0.876. The number of aromatic nitrogens is 2. The average molecular weight is 337 g/mol. The third-order valence-corrected chi connectivity index (χ3v) is 3.79. The van der Waals surface area contributed by atoms with Crippen LogP contribution in [-0.4, -0.2) is 21.7 Å². The maximum absolute atomic E-state index is 11.2. The number of carbonyl (C=O) groups is 1. The Kier molecular flexibility index (Phi) is 4.57. The predicted octanol–water partition coefficient (Wildman–Crippen LogP) is 2.07. The molecule has 106 valence electrons. The summed E-state index contributed by atoms with van der Waals surface area (Å²) in [6.45, 7) is 2.02. The molecule has 5 nitrogen and oxygen atoms in total. The van der Waals surface area contributed by atoms with Gasteiger partial charge in [0.15, 0.2) is 0 Å². The molecule has 1 amide bonds. The largest absolute Gasteiger partial charge is 0.366 e. The highest BCUT2D eigenvalue weighted by Gasteiger charge is 2.22. The van der Waals surface area contributed by atoms with E-state index in [0.29, 0.717) is 5.56 Å². The number of benzene rings is 1. The van der Waals surface area contributed by atoms with Gasteiger partial charge in [0.2, 0.25) is 0 Å². The Bertz CT molecular complexity index is 593. The molecule has 0 fully saturated rings. The maximum atomic E-state index is 11.2. The number of primary amides is 1. The lowest BCUT2D eigenvalue weighted by atomic mass is 9.98. The zero-order valence-corrected chi connectivity index (χ0v) is 12.7. The second-order valence-electron chi connectivity index (χ2n) is 4.64. The van der Waals surface area contributed by atoms with Gasteiger partial charge in [0.05, 0.1) is 17.8 Å². The molecule has 0 saturated heterocycles. The number of carbonyl (C=O) groups excluding carboxylic acids is 1. The normalized spacial score (nSPS) is 13.9. The Morgan fingerprint density at radius 3 is 2.55 bits per heavy atom. The second-order valence-corrected chi connectivity index (χ2v) is 5.56. The van der Waals surface area contributed by atoms with E-state index in [1.54, 1.807) is 10.9 Å². The molecule has 0 saturated carbocycles. The van der Waals surface area contributed by atoms with Gasteiger partial charge in [-0.15, -0.1) is 0 Å². The Balaban J connectivity index is 2.41. The summed E-state index contributed by atoms with van der Waals surface area (Å²) in [6, 6.07) is 7.69. The average Bonchev–Trinajstić information content (AvgIpc) is 2.90. The fraction of sp³-hybridized carbons (Fsp3) is 0.286. The van der Waals surface area contributed by atoms with Crippen molar-refractivity contribution >= 4 is 21.8 Å². The lowest BCUT2D eigenvalue weighted by molar-refractivity contribution is 0.1000. The SMILES string of the molecule is CCC(N)C(c1ccc(Br)cc1)n1cc(C(N)=O)cn1. The van der Waals surface area contributed by atoms with Gasteiger partial charge in [0.25, 0.3) is 5.91 Å². The van der Waals surface area contributed by atoms with E-state index in [2.05, 4.69) is 21.0 Å². The van der Waals surface area contributed by atoms with Crippen LogP contribution in [0.4, 0.5) is 0 Å². The van der Waals surface area contributed by atoms with Crippen LogP contribution in [0.2, 0.25) is 0 Å². The monoisotopic (exact) mass is 336 g/mol. The van der Waals surface area contributed by atoms with Crippen molar-refractivity contribution in [3.8, 4) is 0 Å². The predicted molar refractivity (Wildman–Crippen MR) is 81.3 cm³/mol. The molecule has 0 radical (unpaired) electrons. The van der Waals surface area contributed by atoms with E-state index in [-0.39, 0.29) is 12.1 Å². The molecule has 2 aromatic rings. The number of hydrogen-bond acceptors (Lipinski definition) is 3. The molecule has 0 aliphatic carbocycles. The molecule has 4 N–H and O–H groups in total. The third kappa shape index (κ3) is 3.08. The summed E-state index contributed by atoms with van der Waals surface area (Å²) >= 11 is 3.41. The van der Waals surface area contributed by atoms with Gasteiger partial charge >= 0.3 is 0 Å².